The van der Waals surface area contributed by atoms with Crippen molar-refractivity contribution in [3.8, 4) is 5.75 Å². The Morgan fingerprint density at radius 3 is 2.57 bits per heavy atom. The number of pyridine rings is 1. The Morgan fingerprint density at radius 2 is 1.90 bits per heavy atom. The quantitative estimate of drug-likeness (QED) is 0.851. The van der Waals surface area contributed by atoms with E-state index in [1.807, 2.05) is 6.07 Å². The average Bonchev–Trinajstić information content (AvgIpc) is 2.44. The van der Waals surface area contributed by atoms with Gasteiger partial charge in [0.15, 0.2) is 5.69 Å². The molecule has 2 heterocycles. The number of aromatic amines is 1. The zero-order valence-corrected chi connectivity index (χ0v) is 13.1. The molecule has 4 nitrogen and oxygen atoms in total. The van der Waals surface area contributed by atoms with Gasteiger partial charge in [-0.05, 0) is 26.0 Å². The third kappa shape index (κ3) is 2.81. The van der Waals surface area contributed by atoms with E-state index in [0.29, 0.717) is 0 Å². The highest BCUT2D eigenvalue weighted by Crippen LogP contribution is 2.30. The van der Waals surface area contributed by atoms with Gasteiger partial charge >= 0.3 is 0 Å². The van der Waals surface area contributed by atoms with E-state index in [2.05, 4.69) is 48.9 Å². The van der Waals surface area contributed by atoms with Gasteiger partial charge < -0.3 is 14.4 Å². The number of aryl methyl sites for hydroxylation is 1. The lowest BCUT2D eigenvalue weighted by Gasteiger charge is -2.37. The molecule has 21 heavy (non-hydrogen) atoms. The second kappa shape index (κ2) is 5.53. The number of hydrogen-bond acceptors (Lipinski definition) is 3. The number of methoxy groups -OCH3 is 1. The Bertz CT molecular complexity index is 647. The third-order valence-corrected chi connectivity index (χ3v) is 3.95. The number of H-pyrrole nitrogens is 1. The first kappa shape index (κ1) is 14.1. The van der Waals surface area contributed by atoms with Crippen molar-refractivity contribution in [1.82, 2.24) is 0 Å². The summed E-state index contributed by atoms with van der Waals surface area (Å²) in [6.45, 7) is 8.20. The number of nitrogens with zero attached hydrogens (tertiary/aromatic N) is 1. The van der Waals surface area contributed by atoms with Crippen molar-refractivity contribution in [2.24, 2.45) is 0 Å². The van der Waals surface area contributed by atoms with Crippen LogP contribution >= 0.6 is 0 Å². The second-order valence-electron chi connectivity index (χ2n) is 5.91. The van der Waals surface area contributed by atoms with Gasteiger partial charge in [-0.25, -0.2) is 4.98 Å². The van der Waals surface area contributed by atoms with Gasteiger partial charge in [0, 0.05) is 32.1 Å². The number of benzene rings is 1. The summed E-state index contributed by atoms with van der Waals surface area (Å²) in [5.74, 6) is 0.885. The van der Waals surface area contributed by atoms with E-state index in [1.54, 1.807) is 7.11 Å². The smallest absolute Gasteiger partial charge is 0.213 e. The molecule has 1 saturated heterocycles. The lowest BCUT2D eigenvalue weighted by molar-refractivity contribution is -0.354. The van der Waals surface area contributed by atoms with Crippen LogP contribution in [0.15, 0.2) is 24.3 Å². The minimum Gasteiger partial charge on any atom is -0.497 e. The number of morpholine rings is 1. The summed E-state index contributed by atoms with van der Waals surface area (Å²) in [6.07, 6.45) is 0.498. The monoisotopic (exact) mass is 287 g/mol. The van der Waals surface area contributed by atoms with Gasteiger partial charge in [0.05, 0.1) is 30.4 Å². The Morgan fingerprint density at radius 1 is 1.19 bits per heavy atom. The SMILES string of the molecule is COc1ccc2[nH+]c(C)cc(N3C[C@@H](C)O[C@H](C)C3)c2c1. The summed E-state index contributed by atoms with van der Waals surface area (Å²) in [4.78, 5) is 5.85. The topological polar surface area (TPSA) is 35.8 Å². The Labute approximate surface area is 125 Å². The fourth-order valence-corrected chi connectivity index (χ4v) is 3.14. The molecule has 1 fully saturated rings. The molecule has 3 rings (SSSR count). The second-order valence-corrected chi connectivity index (χ2v) is 5.91. The van der Waals surface area contributed by atoms with Crippen molar-refractivity contribution in [3.63, 3.8) is 0 Å². The molecule has 0 amide bonds. The van der Waals surface area contributed by atoms with E-state index in [0.717, 1.165) is 30.0 Å². The van der Waals surface area contributed by atoms with E-state index in [-0.39, 0.29) is 12.2 Å². The number of fused-ring (bicyclic) bond motifs is 1. The molecule has 0 radical (unpaired) electrons. The molecule has 0 unspecified atom stereocenters. The number of rotatable bonds is 2. The number of nitrogens with one attached hydrogen (secondary N) is 1. The first-order valence-corrected chi connectivity index (χ1v) is 7.48. The van der Waals surface area contributed by atoms with Crippen molar-refractivity contribution in [1.29, 1.82) is 0 Å². The summed E-state index contributed by atoms with van der Waals surface area (Å²) < 4.78 is 11.2. The summed E-state index contributed by atoms with van der Waals surface area (Å²) in [5.41, 5.74) is 3.55. The van der Waals surface area contributed by atoms with Gasteiger partial charge in [-0.1, -0.05) is 0 Å². The maximum absolute atomic E-state index is 5.85. The highest BCUT2D eigenvalue weighted by atomic mass is 16.5. The van der Waals surface area contributed by atoms with E-state index < -0.39 is 0 Å². The average molecular weight is 287 g/mol. The largest absolute Gasteiger partial charge is 0.497 e. The summed E-state index contributed by atoms with van der Waals surface area (Å²) >= 11 is 0. The van der Waals surface area contributed by atoms with Gasteiger partial charge in [-0.2, -0.15) is 0 Å². The zero-order valence-electron chi connectivity index (χ0n) is 13.1. The summed E-state index contributed by atoms with van der Waals surface area (Å²) in [6, 6.07) is 8.39. The fourth-order valence-electron chi connectivity index (χ4n) is 3.14. The Kier molecular flexibility index (Phi) is 3.72. The first-order valence-electron chi connectivity index (χ1n) is 7.48. The molecule has 112 valence electrons. The molecular formula is C17H23N2O2+. The number of aromatic nitrogens is 1. The predicted molar refractivity (Wildman–Crippen MR) is 84.0 cm³/mol. The van der Waals surface area contributed by atoms with Gasteiger partial charge in [0.2, 0.25) is 5.52 Å². The van der Waals surface area contributed by atoms with Crippen molar-refractivity contribution in [2.45, 2.75) is 33.0 Å². The van der Waals surface area contributed by atoms with Gasteiger partial charge in [0.1, 0.15) is 5.75 Å². The molecular weight excluding hydrogens is 264 g/mol. The maximum Gasteiger partial charge on any atom is 0.213 e. The van der Waals surface area contributed by atoms with Crippen LogP contribution in [0, 0.1) is 6.92 Å². The molecule has 1 aromatic carbocycles. The van der Waals surface area contributed by atoms with Gasteiger partial charge in [-0.3, -0.25) is 0 Å². The summed E-state index contributed by atoms with van der Waals surface area (Å²) in [5, 5.41) is 1.20. The Hall–Kier alpha value is -1.81. The van der Waals surface area contributed by atoms with E-state index >= 15 is 0 Å². The molecule has 0 saturated carbocycles. The van der Waals surface area contributed by atoms with E-state index in [1.165, 1.54) is 11.1 Å². The van der Waals surface area contributed by atoms with E-state index in [9.17, 15) is 0 Å². The number of ether oxygens (including phenoxy) is 2. The molecule has 0 bridgehead atoms. The molecule has 1 aromatic heterocycles. The van der Waals surface area contributed by atoms with Gasteiger partial charge in [0.25, 0.3) is 0 Å². The summed E-state index contributed by atoms with van der Waals surface area (Å²) in [7, 11) is 1.71. The van der Waals surface area contributed by atoms with Gasteiger partial charge in [-0.15, -0.1) is 0 Å². The van der Waals surface area contributed by atoms with Crippen LogP contribution in [0.1, 0.15) is 19.5 Å². The highest BCUT2D eigenvalue weighted by Gasteiger charge is 2.25. The molecule has 2 atom stereocenters. The molecule has 1 N–H and O–H groups in total. The molecule has 1 aliphatic rings. The van der Waals surface area contributed by atoms with Crippen LogP contribution < -0.4 is 14.6 Å². The number of anilines is 1. The normalized spacial score (nSPS) is 22.6. The van der Waals surface area contributed by atoms with Crippen LogP contribution in [-0.2, 0) is 4.74 Å². The molecule has 4 heteroatoms. The standard InChI is InChI=1S/C17H22N2O2/c1-11-7-17(19-9-12(2)21-13(3)10-19)15-8-14(20-4)5-6-16(15)18-11/h5-8,12-13H,9-10H2,1-4H3/p+1/t12-,13-/m1/s1. The third-order valence-electron chi connectivity index (χ3n) is 3.95. The lowest BCUT2D eigenvalue weighted by atomic mass is 10.1. The van der Waals surface area contributed by atoms with Crippen LogP contribution in [0.4, 0.5) is 5.69 Å². The van der Waals surface area contributed by atoms with Crippen molar-refractivity contribution in [2.75, 3.05) is 25.1 Å². The highest BCUT2D eigenvalue weighted by molar-refractivity contribution is 5.91. The lowest BCUT2D eigenvalue weighted by Crippen LogP contribution is -2.45. The maximum atomic E-state index is 5.85. The molecule has 2 aromatic rings. The van der Waals surface area contributed by atoms with Crippen LogP contribution in [0.3, 0.4) is 0 Å². The molecule has 1 aliphatic heterocycles. The zero-order chi connectivity index (χ0) is 15.0. The van der Waals surface area contributed by atoms with E-state index in [4.69, 9.17) is 9.47 Å². The number of hydrogen-bond donors (Lipinski definition) is 0. The minimum absolute atomic E-state index is 0.249. The van der Waals surface area contributed by atoms with Crippen LogP contribution in [0.25, 0.3) is 10.9 Å². The minimum atomic E-state index is 0.249. The van der Waals surface area contributed by atoms with Crippen LogP contribution in [0.2, 0.25) is 0 Å². The Balaban J connectivity index is 2.11. The molecule has 0 aliphatic carbocycles. The predicted octanol–water partition coefficient (Wildman–Crippen LogP) is 2.58. The van der Waals surface area contributed by atoms with Crippen molar-refractivity contribution < 1.29 is 14.5 Å². The first-order chi connectivity index (χ1) is 10.1. The van der Waals surface area contributed by atoms with Crippen LogP contribution in [-0.4, -0.2) is 32.4 Å². The van der Waals surface area contributed by atoms with Crippen molar-refractivity contribution >= 4 is 16.6 Å². The van der Waals surface area contributed by atoms with Crippen molar-refractivity contribution in [3.05, 3.63) is 30.0 Å². The molecule has 0 spiro atoms. The van der Waals surface area contributed by atoms with Crippen LogP contribution in [0.5, 0.6) is 5.75 Å². The fraction of sp³-hybridized carbons (Fsp3) is 0.471.